The molecule has 0 radical (unpaired) electrons. The van der Waals surface area contributed by atoms with E-state index >= 15 is 9.90 Å². The number of aliphatic hydroxyl groups is 5. The Balaban J connectivity index is 1.07. The van der Waals surface area contributed by atoms with E-state index < -0.39 is 46.9 Å². The van der Waals surface area contributed by atoms with Crippen LogP contribution in [0.5, 0.6) is 0 Å². The predicted molar refractivity (Wildman–Crippen MR) is 282 cm³/mol. The predicted octanol–water partition coefficient (Wildman–Crippen LogP) is 9.21. The highest BCUT2D eigenvalue weighted by atomic mass is 33.1. The number of guanidine groups is 1. The van der Waals surface area contributed by atoms with Crippen LogP contribution in [0.3, 0.4) is 0 Å². The highest BCUT2D eigenvalue weighted by Gasteiger charge is 2.76. The fourth-order valence-corrected chi connectivity index (χ4v) is 24.3. The van der Waals surface area contributed by atoms with Gasteiger partial charge in [-0.2, -0.15) is 0 Å². The molecule has 4 bridgehead atoms. The molecule has 0 amide bonds. The maximum atomic E-state index is 15.0. The molecular weight excluding hydrogens is 927 g/mol. The Morgan fingerprint density at radius 2 is 1.68 bits per heavy atom. The number of aromatic nitrogens is 2. The average molecular weight is 1010 g/mol. The van der Waals surface area contributed by atoms with Crippen molar-refractivity contribution in [3.05, 3.63) is 52.7 Å². The van der Waals surface area contributed by atoms with E-state index in [1.807, 2.05) is 40.2 Å². The molecule has 1 aromatic heterocycles. The van der Waals surface area contributed by atoms with Crippen molar-refractivity contribution in [3.8, 4) is 0 Å². The van der Waals surface area contributed by atoms with Gasteiger partial charge in [-0.05, 0) is 167 Å². The molecule has 1 saturated heterocycles. The van der Waals surface area contributed by atoms with Gasteiger partial charge in [0.05, 0.1) is 30.2 Å². The first kappa shape index (κ1) is 49.7. The lowest BCUT2D eigenvalue weighted by Crippen LogP contribution is -2.67. The first-order valence-electron chi connectivity index (χ1n) is 28.4. The zero-order valence-electron chi connectivity index (χ0n) is 43.3. The van der Waals surface area contributed by atoms with E-state index in [0.717, 1.165) is 75.5 Å². The summed E-state index contributed by atoms with van der Waals surface area (Å²) in [5.41, 5.74) is 11.2. The molecule has 11 aliphatic rings. The van der Waals surface area contributed by atoms with Crippen molar-refractivity contribution in [1.82, 2.24) is 14.9 Å². The minimum absolute atomic E-state index is 0.0376. The fourth-order valence-electron chi connectivity index (χ4n) is 20.5. The molecule has 0 aromatic carbocycles. The molecule has 13 heteroatoms. The van der Waals surface area contributed by atoms with Crippen molar-refractivity contribution in [3.63, 3.8) is 0 Å². The Kier molecular flexibility index (Phi) is 12.4. The third-order valence-corrected chi connectivity index (χ3v) is 26.3. The minimum Gasteiger partial charge on any atom is -0.392 e. The monoisotopic (exact) mass is 1010 g/mol. The summed E-state index contributed by atoms with van der Waals surface area (Å²) in [6.07, 6.45) is 24.8. The molecule has 12 rings (SSSR count). The lowest BCUT2D eigenvalue weighted by Gasteiger charge is -2.65. The summed E-state index contributed by atoms with van der Waals surface area (Å²) in [7, 11) is 4.02. The number of hydrogen-bond donors (Lipinski definition) is 7. The second kappa shape index (κ2) is 17.7. The number of imidazole rings is 1. The van der Waals surface area contributed by atoms with Gasteiger partial charge < -0.3 is 41.2 Å². The molecule has 2 spiro atoms. The third kappa shape index (κ3) is 7.37. The summed E-state index contributed by atoms with van der Waals surface area (Å²) in [6, 6.07) is 0.181. The average Bonchev–Trinajstić information content (AvgIpc) is 4.16. The van der Waals surface area contributed by atoms with Gasteiger partial charge in [0, 0.05) is 64.6 Å². The van der Waals surface area contributed by atoms with Crippen molar-refractivity contribution >= 4 is 33.3 Å². The van der Waals surface area contributed by atoms with Crippen LogP contribution in [0.15, 0.2) is 57.7 Å². The highest BCUT2D eigenvalue weighted by Crippen LogP contribution is 2.77. The van der Waals surface area contributed by atoms with Crippen LogP contribution in [0.2, 0.25) is 0 Å². The number of hydrogen-bond acceptors (Lipinski definition) is 10. The quantitative estimate of drug-likeness (QED) is 0.0502. The third-order valence-electron chi connectivity index (χ3n) is 22.9. The zero-order valence-corrected chi connectivity index (χ0v) is 45.0. The molecule has 7 saturated carbocycles. The van der Waals surface area contributed by atoms with E-state index in [9.17, 15) is 20.4 Å². The smallest absolute Gasteiger partial charge is 0.190 e. The van der Waals surface area contributed by atoms with Gasteiger partial charge >= 0.3 is 0 Å². The summed E-state index contributed by atoms with van der Waals surface area (Å²) >= 11 is 0. The molecule has 8 N–H and O–H groups in total. The number of carbonyl (C=O) groups is 1. The van der Waals surface area contributed by atoms with Crippen LogP contribution in [-0.4, -0.2) is 94.0 Å². The molecule has 17 unspecified atom stereocenters. The standard InChI is InChI=1S/C58H85N5O6S2/c1-32(64)62-52(59)61-29-34-26-55(5)39-25-45(58(55,69)41-24-42(65)40-23-43(66)44(67)28-54(40,4)48(34)41)57(18-8-9-19-57)71-70-30-35(63-21-20-60-31-63)27-53(2,3)50-37-14-11-17-56(15-6-7-16-56)49(37)36-13-10-12-33-22-38(39)51(68)47(50)46(33)36/h20-21,24,31-35,38-40,43-45,47-49,51,64,66-69H,6-19,22-23,25-30H2,1-5H3,(H3,59,61,62). The van der Waals surface area contributed by atoms with Gasteiger partial charge in [0.1, 0.15) is 6.23 Å². The molecule has 1 aliphatic heterocycles. The highest BCUT2D eigenvalue weighted by molar-refractivity contribution is 8.77. The Bertz CT molecular complexity index is 2390. The van der Waals surface area contributed by atoms with Crippen molar-refractivity contribution < 1.29 is 30.3 Å². The molecule has 1 aromatic rings. The van der Waals surface area contributed by atoms with Gasteiger partial charge in [-0.15, -0.1) is 0 Å². The Hall–Kier alpha value is -2.13. The molecular formula is C58H85N5O6S2. The van der Waals surface area contributed by atoms with Crippen LogP contribution in [-0.2, 0) is 4.79 Å². The second-order valence-corrected chi connectivity index (χ2v) is 29.6. The molecule has 390 valence electrons. The zero-order chi connectivity index (χ0) is 49.6. The summed E-state index contributed by atoms with van der Waals surface area (Å²) in [5, 5.41) is 65.1. The summed E-state index contributed by atoms with van der Waals surface area (Å²) in [6.45, 7) is 11.5. The summed E-state index contributed by atoms with van der Waals surface area (Å²) in [4.78, 5) is 24.6. The normalized spacial score (nSPS) is 45.9. The number of rotatable bonds is 4. The Morgan fingerprint density at radius 1 is 0.944 bits per heavy atom. The van der Waals surface area contributed by atoms with Crippen LogP contribution in [0, 0.1) is 74.9 Å². The van der Waals surface area contributed by atoms with Crippen molar-refractivity contribution in [2.24, 2.45) is 85.6 Å². The van der Waals surface area contributed by atoms with Crippen LogP contribution < -0.4 is 11.1 Å². The molecule has 2 heterocycles. The van der Waals surface area contributed by atoms with Gasteiger partial charge in [-0.3, -0.25) is 9.79 Å². The lowest BCUT2D eigenvalue weighted by atomic mass is 9.41. The number of fused-ring (bicyclic) bond motifs is 15. The van der Waals surface area contributed by atoms with Gasteiger partial charge in [0.2, 0.25) is 0 Å². The van der Waals surface area contributed by atoms with Gasteiger partial charge in [-0.25, -0.2) is 4.98 Å². The number of ketones is 1. The molecule has 17 atom stereocenters. The maximum absolute atomic E-state index is 15.0. The van der Waals surface area contributed by atoms with Crippen LogP contribution >= 0.6 is 21.6 Å². The van der Waals surface area contributed by atoms with Crippen molar-refractivity contribution in [1.29, 1.82) is 0 Å². The maximum Gasteiger partial charge on any atom is 0.190 e. The number of nitrogens with one attached hydrogen (secondary N) is 1. The molecule has 11 nitrogen and oxygen atoms in total. The van der Waals surface area contributed by atoms with Gasteiger partial charge in [0.15, 0.2) is 11.7 Å². The molecule has 71 heavy (non-hydrogen) atoms. The number of nitrogens with zero attached hydrogens (tertiary/aromatic N) is 3. The van der Waals surface area contributed by atoms with E-state index in [4.69, 9.17) is 10.7 Å². The minimum atomic E-state index is -1.39. The number of allylic oxidation sites excluding steroid dienone is 3. The van der Waals surface area contributed by atoms with E-state index in [1.54, 1.807) is 29.2 Å². The largest absolute Gasteiger partial charge is 0.392 e. The lowest BCUT2D eigenvalue weighted by molar-refractivity contribution is -0.174. The van der Waals surface area contributed by atoms with Crippen LogP contribution in [0.1, 0.15) is 169 Å². The first-order valence-corrected chi connectivity index (χ1v) is 30.7. The topological polar surface area (TPSA) is 186 Å². The molecule has 10 aliphatic carbocycles. The SMILES string of the molecule is CC(O)NC(N)=NCC1CC2(C)C3CC(C4(CCCC4)SSCC(n4ccnc4)CC(C)(C)C4=C5CCCC6(CCCC6)C5C5=C6C(CCC5)CC3C(O)C64)C2(O)C2=CC(=O)C3CC(O)C(O)CC3(C)C21. The Morgan fingerprint density at radius 3 is 2.41 bits per heavy atom. The summed E-state index contributed by atoms with van der Waals surface area (Å²) in [5.74, 6) is 0.552. The fraction of sp³-hybridized carbons (Fsp3) is 0.810. The first-order chi connectivity index (χ1) is 33.9. The van der Waals surface area contributed by atoms with Gasteiger partial charge in [0.25, 0.3) is 0 Å². The number of nitrogens with two attached hydrogens (primary N) is 1. The van der Waals surface area contributed by atoms with Crippen LogP contribution in [0.4, 0.5) is 0 Å². The van der Waals surface area contributed by atoms with E-state index in [0.29, 0.717) is 30.2 Å². The summed E-state index contributed by atoms with van der Waals surface area (Å²) < 4.78 is 2.09. The van der Waals surface area contributed by atoms with E-state index in [2.05, 4.69) is 48.8 Å². The van der Waals surface area contributed by atoms with Crippen LogP contribution in [0.25, 0.3) is 0 Å². The van der Waals surface area contributed by atoms with Gasteiger partial charge in [-0.1, -0.05) is 97.3 Å². The Labute approximate surface area is 431 Å². The molecule has 8 fully saturated rings. The van der Waals surface area contributed by atoms with E-state index in [1.165, 1.54) is 44.9 Å². The number of carbonyl (C=O) groups excluding carboxylic acids is 1. The number of aliphatic hydroxyl groups excluding tert-OH is 4. The number of aliphatic imine (C=N–C) groups is 1. The second-order valence-electron chi connectivity index (χ2n) is 26.8. The van der Waals surface area contributed by atoms with Crippen molar-refractivity contribution in [2.75, 3.05) is 12.3 Å². The van der Waals surface area contributed by atoms with E-state index in [-0.39, 0.29) is 76.3 Å². The van der Waals surface area contributed by atoms with Crippen molar-refractivity contribution in [2.45, 2.75) is 204 Å².